The molecule has 3 rings (SSSR count). The average Bonchev–Trinajstić information content (AvgIpc) is 2.52. The Balaban J connectivity index is 2.02. The van der Waals surface area contributed by atoms with E-state index in [1.165, 1.54) is 0 Å². The molecule has 1 N–H and O–H groups in total. The van der Waals surface area contributed by atoms with E-state index in [1.807, 2.05) is 37.3 Å². The summed E-state index contributed by atoms with van der Waals surface area (Å²) in [6.07, 6.45) is 0. The minimum absolute atomic E-state index is 0.689. The number of nitrogens with zero attached hydrogens (tertiary/aromatic N) is 3. The summed E-state index contributed by atoms with van der Waals surface area (Å²) in [6.45, 7) is 5.74. The Kier molecular flexibility index (Phi) is 3.88. The summed E-state index contributed by atoms with van der Waals surface area (Å²) < 4.78 is 0. The number of para-hydroxylation sites is 1. The molecular formula is C17H18N4. The molecule has 0 aliphatic carbocycles. The molecule has 3 aromatic rings. The minimum Gasteiger partial charge on any atom is -0.311 e. The predicted octanol–water partition coefficient (Wildman–Crippen LogP) is 3.11. The molecule has 21 heavy (non-hydrogen) atoms. The van der Waals surface area contributed by atoms with Crippen molar-refractivity contribution in [1.82, 2.24) is 20.3 Å². The summed E-state index contributed by atoms with van der Waals surface area (Å²) in [6, 6.07) is 14.1. The lowest BCUT2D eigenvalue weighted by atomic mass is 10.2. The van der Waals surface area contributed by atoms with Crippen LogP contribution in [0.25, 0.3) is 22.4 Å². The summed E-state index contributed by atoms with van der Waals surface area (Å²) in [5.41, 5.74) is 3.74. The fourth-order valence-corrected chi connectivity index (χ4v) is 2.28. The van der Waals surface area contributed by atoms with Crippen LogP contribution < -0.4 is 5.32 Å². The van der Waals surface area contributed by atoms with E-state index in [4.69, 9.17) is 0 Å². The largest absolute Gasteiger partial charge is 0.311 e. The third-order valence-electron chi connectivity index (χ3n) is 3.29. The first-order valence-electron chi connectivity index (χ1n) is 7.17. The molecule has 0 radical (unpaired) electrons. The fourth-order valence-electron chi connectivity index (χ4n) is 2.28. The summed E-state index contributed by atoms with van der Waals surface area (Å²) in [5.74, 6) is 0.689. The van der Waals surface area contributed by atoms with Gasteiger partial charge in [0.1, 0.15) is 5.69 Å². The first kappa shape index (κ1) is 13.6. The number of benzene rings is 1. The zero-order valence-corrected chi connectivity index (χ0v) is 12.3. The Morgan fingerprint density at radius 2 is 1.86 bits per heavy atom. The molecule has 0 bridgehead atoms. The number of hydrogen-bond acceptors (Lipinski definition) is 4. The van der Waals surface area contributed by atoms with Gasteiger partial charge in [0, 0.05) is 17.6 Å². The lowest BCUT2D eigenvalue weighted by Crippen LogP contribution is -2.14. The van der Waals surface area contributed by atoms with Gasteiger partial charge in [-0.1, -0.05) is 31.2 Å². The van der Waals surface area contributed by atoms with Gasteiger partial charge in [0.15, 0.2) is 5.82 Å². The first-order valence-corrected chi connectivity index (χ1v) is 7.17. The second-order valence-corrected chi connectivity index (χ2v) is 4.99. The molecule has 2 aromatic heterocycles. The van der Waals surface area contributed by atoms with Crippen molar-refractivity contribution >= 4 is 10.9 Å². The molecule has 106 valence electrons. The Labute approximate surface area is 124 Å². The van der Waals surface area contributed by atoms with Crippen molar-refractivity contribution < 1.29 is 0 Å². The van der Waals surface area contributed by atoms with E-state index in [-0.39, 0.29) is 0 Å². The van der Waals surface area contributed by atoms with E-state index in [2.05, 4.69) is 39.3 Å². The Morgan fingerprint density at radius 1 is 1.00 bits per heavy atom. The van der Waals surface area contributed by atoms with Gasteiger partial charge >= 0.3 is 0 Å². The third-order valence-corrected chi connectivity index (χ3v) is 3.29. The molecule has 0 fully saturated rings. The van der Waals surface area contributed by atoms with Crippen molar-refractivity contribution in [3.63, 3.8) is 0 Å². The zero-order valence-electron chi connectivity index (χ0n) is 12.3. The Hall–Kier alpha value is -2.33. The Bertz CT molecular complexity index is 768. The highest BCUT2D eigenvalue weighted by atomic mass is 15.0. The first-order chi connectivity index (χ1) is 10.3. The van der Waals surface area contributed by atoms with Gasteiger partial charge in [-0.05, 0) is 31.7 Å². The Morgan fingerprint density at radius 3 is 2.71 bits per heavy atom. The number of aromatic nitrogens is 3. The van der Waals surface area contributed by atoms with Crippen LogP contribution in [0.15, 0.2) is 42.5 Å². The standard InChI is InChI=1S/C17H18N4/c1-3-18-11-14-10-12(2)19-17(20-14)16-9-8-13-6-4-5-7-15(13)21-16/h4-10,18H,3,11H2,1-2H3. The topological polar surface area (TPSA) is 50.7 Å². The maximum atomic E-state index is 4.66. The van der Waals surface area contributed by atoms with Gasteiger partial charge < -0.3 is 5.32 Å². The van der Waals surface area contributed by atoms with Crippen molar-refractivity contribution in [3.05, 3.63) is 53.9 Å². The second-order valence-electron chi connectivity index (χ2n) is 4.99. The molecule has 0 aliphatic rings. The van der Waals surface area contributed by atoms with E-state index >= 15 is 0 Å². The molecule has 4 nitrogen and oxygen atoms in total. The van der Waals surface area contributed by atoms with Crippen LogP contribution in [-0.2, 0) is 6.54 Å². The number of nitrogens with one attached hydrogen (secondary N) is 1. The van der Waals surface area contributed by atoms with Crippen LogP contribution in [0.1, 0.15) is 18.3 Å². The molecule has 0 amide bonds. The smallest absolute Gasteiger partial charge is 0.178 e. The van der Waals surface area contributed by atoms with E-state index in [1.54, 1.807) is 0 Å². The summed E-state index contributed by atoms with van der Waals surface area (Å²) in [7, 11) is 0. The summed E-state index contributed by atoms with van der Waals surface area (Å²) in [4.78, 5) is 13.8. The quantitative estimate of drug-likeness (QED) is 0.796. The van der Waals surface area contributed by atoms with Crippen molar-refractivity contribution in [2.45, 2.75) is 20.4 Å². The zero-order chi connectivity index (χ0) is 14.7. The van der Waals surface area contributed by atoms with Gasteiger partial charge in [0.2, 0.25) is 0 Å². The lowest BCUT2D eigenvalue weighted by Gasteiger charge is -2.07. The van der Waals surface area contributed by atoms with Gasteiger partial charge in [0.25, 0.3) is 0 Å². The minimum atomic E-state index is 0.689. The van der Waals surface area contributed by atoms with Crippen LogP contribution in [-0.4, -0.2) is 21.5 Å². The molecule has 0 spiro atoms. The molecule has 0 saturated heterocycles. The van der Waals surface area contributed by atoms with Crippen molar-refractivity contribution in [2.75, 3.05) is 6.54 Å². The maximum absolute atomic E-state index is 4.66. The van der Waals surface area contributed by atoms with Gasteiger partial charge in [-0.25, -0.2) is 15.0 Å². The summed E-state index contributed by atoms with van der Waals surface area (Å²) >= 11 is 0. The van der Waals surface area contributed by atoms with Crippen LogP contribution in [0.3, 0.4) is 0 Å². The third kappa shape index (κ3) is 3.06. The molecule has 2 heterocycles. The lowest BCUT2D eigenvalue weighted by molar-refractivity contribution is 0.707. The number of rotatable bonds is 4. The molecule has 0 atom stereocenters. The van der Waals surface area contributed by atoms with Gasteiger partial charge in [-0.2, -0.15) is 0 Å². The SMILES string of the molecule is CCNCc1cc(C)nc(-c2ccc3ccccc3n2)n1. The number of fused-ring (bicyclic) bond motifs is 1. The molecule has 0 saturated carbocycles. The molecule has 0 aliphatic heterocycles. The van der Waals surface area contributed by atoms with E-state index < -0.39 is 0 Å². The van der Waals surface area contributed by atoms with Crippen LogP contribution in [0.5, 0.6) is 0 Å². The molecule has 1 aromatic carbocycles. The highest BCUT2D eigenvalue weighted by Crippen LogP contribution is 2.18. The van der Waals surface area contributed by atoms with Gasteiger partial charge in [-0.15, -0.1) is 0 Å². The fraction of sp³-hybridized carbons (Fsp3) is 0.235. The predicted molar refractivity (Wildman–Crippen MR) is 84.9 cm³/mol. The highest BCUT2D eigenvalue weighted by Gasteiger charge is 2.07. The number of hydrogen-bond donors (Lipinski definition) is 1. The monoisotopic (exact) mass is 278 g/mol. The van der Waals surface area contributed by atoms with E-state index in [9.17, 15) is 0 Å². The van der Waals surface area contributed by atoms with Crippen LogP contribution in [0, 0.1) is 6.92 Å². The average molecular weight is 278 g/mol. The maximum Gasteiger partial charge on any atom is 0.178 e. The molecular weight excluding hydrogens is 260 g/mol. The molecule has 4 heteroatoms. The van der Waals surface area contributed by atoms with Crippen molar-refractivity contribution in [3.8, 4) is 11.5 Å². The van der Waals surface area contributed by atoms with Crippen molar-refractivity contribution in [2.24, 2.45) is 0 Å². The highest BCUT2D eigenvalue weighted by molar-refractivity contribution is 5.80. The van der Waals surface area contributed by atoms with Crippen LogP contribution >= 0.6 is 0 Å². The van der Waals surface area contributed by atoms with Crippen molar-refractivity contribution in [1.29, 1.82) is 0 Å². The van der Waals surface area contributed by atoms with E-state index in [0.29, 0.717) is 5.82 Å². The second kappa shape index (κ2) is 5.97. The number of pyridine rings is 1. The number of aryl methyl sites for hydroxylation is 1. The summed E-state index contributed by atoms with van der Waals surface area (Å²) in [5, 5.41) is 4.42. The van der Waals surface area contributed by atoms with E-state index in [0.717, 1.165) is 41.1 Å². The van der Waals surface area contributed by atoms with Crippen LogP contribution in [0.2, 0.25) is 0 Å². The van der Waals surface area contributed by atoms with Gasteiger partial charge in [-0.3, -0.25) is 0 Å². The normalized spacial score (nSPS) is 11.0. The van der Waals surface area contributed by atoms with Gasteiger partial charge in [0.05, 0.1) is 11.2 Å². The van der Waals surface area contributed by atoms with Crippen LogP contribution in [0.4, 0.5) is 0 Å². The molecule has 0 unspecified atom stereocenters.